The van der Waals surface area contributed by atoms with Crippen molar-refractivity contribution >= 4 is 12.2 Å². The van der Waals surface area contributed by atoms with E-state index < -0.39 is 0 Å². The van der Waals surface area contributed by atoms with E-state index in [0.717, 1.165) is 17.0 Å². The lowest BCUT2D eigenvalue weighted by molar-refractivity contribution is 0.243. The molecule has 0 bridgehead atoms. The van der Waals surface area contributed by atoms with Gasteiger partial charge in [0.15, 0.2) is 22.2 Å². The minimum absolute atomic E-state index is 0.234. The molecule has 0 N–H and O–H groups in total. The van der Waals surface area contributed by atoms with Gasteiger partial charge in [-0.15, -0.1) is 6.58 Å². The molecule has 0 aliphatic rings. The van der Waals surface area contributed by atoms with Crippen molar-refractivity contribution in [2.24, 2.45) is 0 Å². The SMILES string of the molecule is C=CCn1c(-c2cccnc2)nn(CN(C)Cc2ccc(OC)c(F)c2)c1=S. The van der Waals surface area contributed by atoms with Crippen LogP contribution in [-0.2, 0) is 19.8 Å². The number of nitrogens with zero attached hydrogens (tertiary/aromatic N) is 5. The maximum Gasteiger partial charge on any atom is 0.199 e. The van der Waals surface area contributed by atoms with Crippen molar-refractivity contribution < 1.29 is 9.13 Å². The van der Waals surface area contributed by atoms with Gasteiger partial charge in [0.05, 0.1) is 13.8 Å². The molecular weight excluding hydrogens is 377 g/mol. The number of hydrogen-bond donors (Lipinski definition) is 0. The lowest BCUT2D eigenvalue weighted by atomic mass is 10.2. The van der Waals surface area contributed by atoms with Gasteiger partial charge in [-0.05, 0) is 49.1 Å². The third-order valence-corrected chi connectivity index (χ3v) is 4.63. The number of methoxy groups -OCH3 is 1. The second-order valence-electron chi connectivity index (χ2n) is 6.37. The number of allylic oxidation sites excluding steroid dienone is 1. The fourth-order valence-corrected chi connectivity index (χ4v) is 3.19. The second kappa shape index (κ2) is 8.90. The van der Waals surface area contributed by atoms with E-state index in [2.05, 4.69) is 16.7 Å². The Morgan fingerprint density at radius 1 is 1.36 bits per heavy atom. The zero-order valence-corrected chi connectivity index (χ0v) is 16.7. The van der Waals surface area contributed by atoms with Gasteiger partial charge < -0.3 is 4.74 Å². The first-order valence-corrected chi connectivity index (χ1v) is 9.14. The molecule has 0 unspecified atom stereocenters. The minimum Gasteiger partial charge on any atom is -0.494 e. The number of rotatable bonds is 8. The number of hydrogen-bond acceptors (Lipinski definition) is 5. The Morgan fingerprint density at radius 2 is 2.18 bits per heavy atom. The summed E-state index contributed by atoms with van der Waals surface area (Å²) < 4.78 is 23.1. The summed E-state index contributed by atoms with van der Waals surface area (Å²) >= 11 is 5.61. The van der Waals surface area contributed by atoms with Crippen LogP contribution < -0.4 is 4.74 Å². The maximum absolute atomic E-state index is 13.9. The van der Waals surface area contributed by atoms with E-state index in [9.17, 15) is 4.39 Å². The molecule has 0 aliphatic carbocycles. The molecule has 2 aromatic heterocycles. The van der Waals surface area contributed by atoms with Gasteiger partial charge in [-0.2, -0.15) is 5.10 Å². The van der Waals surface area contributed by atoms with E-state index in [1.807, 2.05) is 34.7 Å². The fourth-order valence-electron chi connectivity index (χ4n) is 2.93. The zero-order chi connectivity index (χ0) is 20.1. The molecule has 3 rings (SSSR count). The van der Waals surface area contributed by atoms with Crippen molar-refractivity contribution in [2.45, 2.75) is 19.8 Å². The maximum atomic E-state index is 13.9. The van der Waals surface area contributed by atoms with Crippen molar-refractivity contribution in [1.82, 2.24) is 24.2 Å². The first kappa shape index (κ1) is 19.9. The summed E-state index contributed by atoms with van der Waals surface area (Å²) in [7, 11) is 3.38. The van der Waals surface area contributed by atoms with Crippen LogP contribution in [0.2, 0.25) is 0 Å². The largest absolute Gasteiger partial charge is 0.494 e. The molecule has 146 valence electrons. The van der Waals surface area contributed by atoms with Crippen LogP contribution in [-0.4, -0.2) is 38.4 Å². The Hall–Kier alpha value is -2.84. The summed E-state index contributed by atoms with van der Waals surface area (Å²) in [4.78, 5) is 6.17. The molecule has 0 spiro atoms. The fraction of sp³-hybridized carbons (Fsp3) is 0.250. The summed E-state index contributed by atoms with van der Waals surface area (Å²) in [5, 5.41) is 4.68. The quantitative estimate of drug-likeness (QED) is 0.425. The molecule has 0 saturated carbocycles. The highest BCUT2D eigenvalue weighted by Crippen LogP contribution is 2.20. The third-order valence-electron chi connectivity index (χ3n) is 4.20. The summed E-state index contributed by atoms with van der Waals surface area (Å²) in [6.45, 7) is 5.36. The predicted octanol–water partition coefficient (Wildman–Crippen LogP) is 3.90. The number of aromatic nitrogens is 4. The van der Waals surface area contributed by atoms with Crippen LogP contribution in [0.3, 0.4) is 0 Å². The summed E-state index contributed by atoms with van der Waals surface area (Å²) in [6.07, 6.45) is 5.26. The number of benzene rings is 1. The van der Waals surface area contributed by atoms with E-state index in [1.54, 1.807) is 29.2 Å². The van der Waals surface area contributed by atoms with Gasteiger partial charge in [0.25, 0.3) is 0 Å². The predicted molar refractivity (Wildman–Crippen MR) is 109 cm³/mol. The van der Waals surface area contributed by atoms with Crippen molar-refractivity contribution in [3.63, 3.8) is 0 Å². The minimum atomic E-state index is -0.376. The normalized spacial score (nSPS) is 11.0. The molecule has 0 fully saturated rings. The smallest absolute Gasteiger partial charge is 0.199 e. The van der Waals surface area contributed by atoms with Gasteiger partial charge in [-0.1, -0.05) is 12.1 Å². The molecule has 2 heterocycles. The zero-order valence-electron chi connectivity index (χ0n) is 15.9. The Labute approximate surface area is 168 Å². The molecule has 0 atom stereocenters. The summed E-state index contributed by atoms with van der Waals surface area (Å²) in [6, 6.07) is 8.75. The summed E-state index contributed by atoms with van der Waals surface area (Å²) in [5.41, 5.74) is 1.72. The Balaban J connectivity index is 1.83. The van der Waals surface area contributed by atoms with Crippen LogP contribution in [0.5, 0.6) is 5.75 Å². The van der Waals surface area contributed by atoms with Gasteiger partial charge >= 0.3 is 0 Å². The van der Waals surface area contributed by atoms with Crippen LogP contribution in [0.1, 0.15) is 5.56 Å². The van der Waals surface area contributed by atoms with Gasteiger partial charge in [0.1, 0.15) is 0 Å². The van der Waals surface area contributed by atoms with Crippen LogP contribution in [0.4, 0.5) is 4.39 Å². The molecule has 3 aromatic rings. The molecule has 6 nitrogen and oxygen atoms in total. The average molecular weight is 399 g/mol. The molecule has 0 amide bonds. The van der Waals surface area contributed by atoms with Crippen LogP contribution in [0.15, 0.2) is 55.4 Å². The van der Waals surface area contributed by atoms with Gasteiger partial charge in [-0.3, -0.25) is 14.5 Å². The molecule has 0 aliphatic heterocycles. The van der Waals surface area contributed by atoms with E-state index in [-0.39, 0.29) is 11.6 Å². The van der Waals surface area contributed by atoms with E-state index >= 15 is 0 Å². The van der Waals surface area contributed by atoms with Crippen molar-refractivity contribution in [2.75, 3.05) is 14.2 Å². The molecule has 1 aromatic carbocycles. The number of ether oxygens (including phenoxy) is 1. The highest BCUT2D eigenvalue weighted by atomic mass is 32.1. The Kier molecular flexibility index (Phi) is 6.33. The molecule has 0 saturated heterocycles. The lowest BCUT2D eigenvalue weighted by Gasteiger charge is -2.17. The van der Waals surface area contributed by atoms with Gasteiger partial charge in [0, 0.05) is 31.0 Å². The number of pyridine rings is 1. The Bertz CT molecular complexity index is 1020. The summed E-state index contributed by atoms with van der Waals surface area (Å²) in [5.74, 6) is 0.596. The lowest BCUT2D eigenvalue weighted by Crippen LogP contribution is -2.22. The van der Waals surface area contributed by atoms with Crippen LogP contribution in [0, 0.1) is 10.6 Å². The first-order chi connectivity index (χ1) is 13.5. The molecule has 28 heavy (non-hydrogen) atoms. The van der Waals surface area contributed by atoms with Gasteiger partial charge in [-0.25, -0.2) is 9.07 Å². The van der Waals surface area contributed by atoms with E-state index in [0.29, 0.717) is 24.5 Å². The molecular formula is C20H22FN5OS. The average Bonchev–Trinajstić information content (AvgIpc) is 2.99. The molecule has 8 heteroatoms. The van der Waals surface area contributed by atoms with E-state index in [1.165, 1.54) is 13.2 Å². The third kappa shape index (κ3) is 4.35. The standard InChI is InChI=1S/C20H22FN5OS/c1-4-10-25-19(16-6-5-9-22-12-16)23-26(20(25)28)14-24(2)13-15-7-8-18(27-3)17(21)11-15/h4-9,11-12H,1,10,13-14H2,2-3H3. The highest BCUT2D eigenvalue weighted by Gasteiger charge is 2.14. The van der Waals surface area contributed by atoms with Crippen LogP contribution in [0.25, 0.3) is 11.4 Å². The van der Waals surface area contributed by atoms with Gasteiger partial charge in [0.2, 0.25) is 0 Å². The van der Waals surface area contributed by atoms with Crippen molar-refractivity contribution in [3.05, 3.63) is 71.5 Å². The van der Waals surface area contributed by atoms with Crippen molar-refractivity contribution in [3.8, 4) is 17.1 Å². The Morgan fingerprint density at radius 3 is 2.82 bits per heavy atom. The van der Waals surface area contributed by atoms with Crippen molar-refractivity contribution in [1.29, 1.82) is 0 Å². The topological polar surface area (TPSA) is 48.1 Å². The molecule has 0 radical (unpaired) electrons. The number of halogens is 1. The highest BCUT2D eigenvalue weighted by molar-refractivity contribution is 7.71. The second-order valence-corrected chi connectivity index (χ2v) is 6.74. The monoisotopic (exact) mass is 399 g/mol. The van der Waals surface area contributed by atoms with E-state index in [4.69, 9.17) is 17.0 Å². The first-order valence-electron chi connectivity index (χ1n) is 8.73. The van der Waals surface area contributed by atoms with Crippen LogP contribution >= 0.6 is 12.2 Å².